The van der Waals surface area contributed by atoms with Gasteiger partial charge in [0.15, 0.2) is 11.6 Å². The molecule has 11 heteroatoms. The maximum atomic E-state index is 14.8. The summed E-state index contributed by atoms with van der Waals surface area (Å²) in [5.41, 5.74) is 3.41. The minimum atomic E-state index is -1.04. The molecule has 0 bridgehead atoms. The van der Waals surface area contributed by atoms with Crippen molar-refractivity contribution in [2.45, 2.75) is 54.0 Å². The van der Waals surface area contributed by atoms with Gasteiger partial charge in [0, 0.05) is 29.6 Å². The van der Waals surface area contributed by atoms with Gasteiger partial charge in [0.2, 0.25) is 5.82 Å². The van der Waals surface area contributed by atoms with Crippen LogP contribution in [-0.4, -0.2) is 55.3 Å². The largest absolute Gasteiger partial charge is 0.491 e. The van der Waals surface area contributed by atoms with E-state index in [1.807, 2.05) is 47.7 Å². The van der Waals surface area contributed by atoms with Crippen LogP contribution in [0.5, 0.6) is 5.75 Å². The standard InChI is InChI=1S/C31H35BrF2N6O2/c1-6-42-26-13-12-24(28(33)29(26)34)25-16-39(37-35-25)18-31(19(2)3)14-7-15-38(17-31)30(41)22-8-10-23(11-9-22)40-21(5)27(32)20(4)36-40/h8-13,16,19H,6-7,14-15,17-18H2,1-5H3. The van der Waals surface area contributed by atoms with E-state index in [9.17, 15) is 13.6 Å². The van der Waals surface area contributed by atoms with Crippen LogP contribution in [0.2, 0.25) is 0 Å². The molecule has 4 aromatic rings. The molecule has 0 aliphatic carbocycles. The molecular formula is C31H35BrF2N6O2. The van der Waals surface area contributed by atoms with Gasteiger partial charge in [-0.05, 0) is 91.9 Å². The van der Waals surface area contributed by atoms with Crippen LogP contribution < -0.4 is 4.74 Å². The van der Waals surface area contributed by atoms with Gasteiger partial charge in [0.25, 0.3) is 5.91 Å². The van der Waals surface area contributed by atoms with Gasteiger partial charge < -0.3 is 9.64 Å². The van der Waals surface area contributed by atoms with Crippen LogP contribution in [-0.2, 0) is 6.54 Å². The molecule has 2 aromatic heterocycles. The van der Waals surface area contributed by atoms with Gasteiger partial charge in [0.05, 0.1) is 40.9 Å². The van der Waals surface area contributed by atoms with Crippen LogP contribution in [0.15, 0.2) is 47.1 Å². The summed E-state index contributed by atoms with van der Waals surface area (Å²) in [4.78, 5) is 15.6. The van der Waals surface area contributed by atoms with Crippen molar-refractivity contribution in [1.82, 2.24) is 29.7 Å². The molecule has 0 spiro atoms. The van der Waals surface area contributed by atoms with Gasteiger partial charge in [0.1, 0.15) is 5.69 Å². The maximum Gasteiger partial charge on any atom is 0.253 e. The lowest BCUT2D eigenvalue weighted by Gasteiger charge is -2.45. The number of rotatable bonds is 8. The van der Waals surface area contributed by atoms with Crippen molar-refractivity contribution in [1.29, 1.82) is 0 Å². The quantitative estimate of drug-likeness (QED) is 0.212. The number of carbonyl (C=O) groups excluding carboxylic acids is 1. The summed E-state index contributed by atoms with van der Waals surface area (Å²) in [7, 11) is 0. The molecule has 1 fully saturated rings. The second-order valence-corrected chi connectivity index (χ2v) is 12.1. The Kier molecular flexibility index (Phi) is 8.50. The molecule has 5 rings (SSSR count). The number of aromatic nitrogens is 5. The monoisotopic (exact) mass is 640 g/mol. The highest BCUT2D eigenvalue weighted by Crippen LogP contribution is 2.40. The highest BCUT2D eigenvalue weighted by Gasteiger charge is 2.40. The molecule has 2 aromatic carbocycles. The van der Waals surface area contributed by atoms with Crippen LogP contribution in [0.4, 0.5) is 8.78 Å². The van der Waals surface area contributed by atoms with Gasteiger partial charge >= 0.3 is 0 Å². The van der Waals surface area contributed by atoms with E-state index in [4.69, 9.17) is 4.74 Å². The molecule has 1 unspecified atom stereocenters. The Balaban J connectivity index is 1.34. The Hall–Kier alpha value is -3.60. The number of carbonyl (C=O) groups is 1. The van der Waals surface area contributed by atoms with Crippen molar-refractivity contribution >= 4 is 21.8 Å². The van der Waals surface area contributed by atoms with E-state index < -0.39 is 11.6 Å². The van der Waals surface area contributed by atoms with E-state index in [2.05, 4.69) is 45.2 Å². The average Bonchev–Trinajstić information content (AvgIpc) is 3.54. The number of ether oxygens (including phenoxy) is 1. The lowest BCUT2D eigenvalue weighted by molar-refractivity contribution is 0.0239. The molecule has 3 heterocycles. The first-order valence-corrected chi connectivity index (χ1v) is 15.0. The smallest absolute Gasteiger partial charge is 0.253 e. The van der Waals surface area contributed by atoms with Crippen LogP contribution >= 0.6 is 15.9 Å². The molecule has 42 heavy (non-hydrogen) atoms. The van der Waals surface area contributed by atoms with Crippen LogP contribution in [0.3, 0.4) is 0 Å². The van der Waals surface area contributed by atoms with E-state index in [1.165, 1.54) is 12.1 Å². The molecule has 1 aliphatic rings. The fourth-order valence-corrected chi connectivity index (χ4v) is 5.98. The Morgan fingerprint density at radius 2 is 1.86 bits per heavy atom. The van der Waals surface area contributed by atoms with Gasteiger partial charge in [-0.1, -0.05) is 19.1 Å². The topological polar surface area (TPSA) is 78.1 Å². The molecule has 1 amide bonds. The minimum Gasteiger partial charge on any atom is -0.491 e. The van der Waals surface area contributed by atoms with E-state index in [1.54, 1.807) is 17.8 Å². The first kappa shape index (κ1) is 29.9. The van der Waals surface area contributed by atoms with E-state index in [0.29, 0.717) is 25.2 Å². The first-order chi connectivity index (χ1) is 20.0. The van der Waals surface area contributed by atoms with Crippen LogP contribution in [0.1, 0.15) is 55.4 Å². The fourth-order valence-electron chi connectivity index (χ4n) is 5.74. The second kappa shape index (κ2) is 11.9. The summed E-state index contributed by atoms with van der Waals surface area (Å²) in [6.07, 6.45) is 3.39. The Bertz CT molecular complexity index is 1600. The summed E-state index contributed by atoms with van der Waals surface area (Å²) in [5.74, 6) is -1.98. The zero-order valence-electron chi connectivity index (χ0n) is 24.5. The lowest BCUT2D eigenvalue weighted by atomic mass is 9.71. The van der Waals surface area contributed by atoms with Gasteiger partial charge in [-0.2, -0.15) is 9.49 Å². The van der Waals surface area contributed by atoms with Crippen molar-refractivity contribution in [3.63, 3.8) is 0 Å². The predicted octanol–water partition coefficient (Wildman–Crippen LogP) is 6.77. The summed E-state index contributed by atoms with van der Waals surface area (Å²) in [5, 5.41) is 13.0. The number of hydrogen-bond acceptors (Lipinski definition) is 5. The third-order valence-electron chi connectivity index (χ3n) is 8.32. The normalized spacial score (nSPS) is 17.2. The number of nitrogens with zero attached hydrogens (tertiary/aromatic N) is 6. The molecule has 0 N–H and O–H groups in total. The number of piperidine rings is 1. The average molecular weight is 642 g/mol. The number of aryl methyl sites for hydroxylation is 1. The third-order valence-corrected chi connectivity index (χ3v) is 9.47. The molecule has 1 saturated heterocycles. The minimum absolute atomic E-state index is 0.0213. The molecule has 1 aliphatic heterocycles. The van der Waals surface area contributed by atoms with Crippen molar-refractivity contribution in [3.05, 3.63) is 75.7 Å². The zero-order chi connectivity index (χ0) is 30.2. The third kappa shape index (κ3) is 5.58. The number of likely N-dealkylation sites (tertiary alicyclic amines) is 1. The Morgan fingerprint density at radius 1 is 1.12 bits per heavy atom. The van der Waals surface area contributed by atoms with Gasteiger partial charge in [-0.3, -0.25) is 9.48 Å². The lowest BCUT2D eigenvalue weighted by Crippen LogP contribution is -2.50. The Labute approximate surface area is 252 Å². The summed E-state index contributed by atoms with van der Waals surface area (Å²) in [6.45, 7) is 11.9. The van der Waals surface area contributed by atoms with Gasteiger partial charge in [-0.25, -0.2) is 9.07 Å². The van der Waals surface area contributed by atoms with E-state index >= 15 is 0 Å². The number of benzene rings is 2. The molecule has 8 nitrogen and oxygen atoms in total. The van der Waals surface area contributed by atoms with Crippen LogP contribution in [0.25, 0.3) is 16.9 Å². The number of halogens is 3. The SMILES string of the molecule is CCOc1ccc(-c2cn(CC3(C(C)C)CCCN(C(=O)c4ccc(-n5nc(C)c(Br)c5C)cc4)C3)nn2)c(F)c1F. The summed E-state index contributed by atoms with van der Waals surface area (Å²) < 4.78 is 39.0. The summed E-state index contributed by atoms with van der Waals surface area (Å²) in [6, 6.07) is 10.4. The highest BCUT2D eigenvalue weighted by atomic mass is 79.9. The van der Waals surface area contributed by atoms with Crippen molar-refractivity contribution in [2.24, 2.45) is 11.3 Å². The van der Waals surface area contributed by atoms with Crippen molar-refractivity contribution < 1.29 is 18.3 Å². The molecule has 1 atom stereocenters. The van der Waals surface area contributed by atoms with Crippen molar-refractivity contribution in [2.75, 3.05) is 19.7 Å². The highest BCUT2D eigenvalue weighted by molar-refractivity contribution is 9.10. The molecule has 0 saturated carbocycles. The zero-order valence-corrected chi connectivity index (χ0v) is 26.1. The number of hydrogen-bond donors (Lipinski definition) is 0. The van der Waals surface area contributed by atoms with Gasteiger partial charge in [-0.15, -0.1) is 5.10 Å². The molecule has 0 radical (unpaired) electrons. The first-order valence-electron chi connectivity index (χ1n) is 14.2. The van der Waals surface area contributed by atoms with Crippen LogP contribution in [0, 0.1) is 36.8 Å². The summed E-state index contributed by atoms with van der Waals surface area (Å²) >= 11 is 3.57. The second-order valence-electron chi connectivity index (χ2n) is 11.3. The fraction of sp³-hybridized carbons (Fsp3) is 0.419. The molecule has 222 valence electrons. The number of amides is 1. The Morgan fingerprint density at radius 3 is 2.50 bits per heavy atom. The molecular weight excluding hydrogens is 606 g/mol. The maximum absolute atomic E-state index is 14.8. The van der Waals surface area contributed by atoms with E-state index in [-0.39, 0.29) is 40.9 Å². The van der Waals surface area contributed by atoms with E-state index in [0.717, 1.165) is 34.4 Å². The van der Waals surface area contributed by atoms with Crippen molar-refractivity contribution in [3.8, 4) is 22.7 Å². The predicted molar refractivity (Wildman–Crippen MR) is 160 cm³/mol.